The van der Waals surface area contributed by atoms with E-state index in [1.165, 1.54) is 12.1 Å². The highest BCUT2D eigenvalue weighted by atomic mass is 19.1. The van der Waals surface area contributed by atoms with Gasteiger partial charge in [-0.1, -0.05) is 42.5 Å². The van der Waals surface area contributed by atoms with Gasteiger partial charge in [0, 0.05) is 26.3 Å². The second-order valence-electron chi connectivity index (χ2n) is 11.6. The first-order valence-electron chi connectivity index (χ1n) is 14.2. The van der Waals surface area contributed by atoms with E-state index in [9.17, 15) is 14.0 Å². The van der Waals surface area contributed by atoms with Crippen LogP contribution in [0.5, 0.6) is 0 Å². The molecule has 0 saturated carbocycles. The summed E-state index contributed by atoms with van der Waals surface area (Å²) in [6.07, 6.45) is 2.58. The maximum atomic E-state index is 13.9. The number of anilines is 1. The first kappa shape index (κ1) is 29.0. The molecule has 0 radical (unpaired) electrons. The van der Waals surface area contributed by atoms with E-state index in [4.69, 9.17) is 9.72 Å². The molecule has 220 valence electrons. The van der Waals surface area contributed by atoms with Crippen LogP contribution in [0.3, 0.4) is 0 Å². The lowest BCUT2D eigenvalue weighted by Crippen LogP contribution is -2.42. The highest BCUT2D eigenvalue weighted by Crippen LogP contribution is 2.35. The number of carbonyl (C=O) groups excluding carboxylic acids is 1. The molecular weight excluding hydrogens is 535 g/mol. The average Bonchev–Trinajstić information content (AvgIpc) is 3.23. The molecule has 1 aliphatic heterocycles. The number of halogens is 1. The highest BCUT2D eigenvalue weighted by Gasteiger charge is 2.32. The molecular formula is C32H37FN6O3. The van der Waals surface area contributed by atoms with E-state index in [-0.39, 0.29) is 29.6 Å². The first-order chi connectivity index (χ1) is 20.0. The number of rotatable bonds is 6. The molecule has 4 aromatic rings. The molecule has 5 rings (SSSR count). The third kappa shape index (κ3) is 6.22. The van der Waals surface area contributed by atoms with E-state index in [1.807, 2.05) is 62.7 Å². The number of nitrogens with one attached hydrogen (secondary N) is 1. The van der Waals surface area contributed by atoms with Gasteiger partial charge in [-0.3, -0.25) is 14.2 Å². The van der Waals surface area contributed by atoms with Crippen molar-refractivity contribution in [3.05, 3.63) is 88.6 Å². The molecule has 1 amide bonds. The SMILES string of the molecule is CC(Nc1nccc(-c2c(-c3ccc(F)cc3)c(=O)n(C)n2C2CCN(C(=O)OC(C)(C)C)CC2)n1)c1ccccc1. The van der Waals surface area contributed by atoms with E-state index in [0.29, 0.717) is 54.4 Å². The number of benzene rings is 2. The summed E-state index contributed by atoms with van der Waals surface area (Å²) >= 11 is 0. The maximum Gasteiger partial charge on any atom is 0.410 e. The van der Waals surface area contributed by atoms with Gasteiger partial charge in [-0.05, 0) is 69.9 Å². The Kier molecular flexibility index (Phi) is 8.15. The van der Waals surface area contributed by atoms with Gasteiger partial charge in [0.05, 0.1) is 29.0 Å². The quantitative estimate of drug-likeness (QED) is 0.296. The molecule has 1 fully saturated rings. The smallest absolute Gasteiger partial charge is 0.410 e. The summed E-state index contributed by atoms with van der Waals surface area (Å²) in [5, 5.41) is 3.37. The van der Waals surface area contributed by atoms with Crippen LogP contribution in [0.4, 0.5) is 15.1 Å². The zero-order valence-electron chi connectivity index (χ0n) is 24.7. The summed E-state index contributed by atoms with van der Waals surface area (Å²) < 4.78 is 23.0. The minimum Gasteiger partial charge on any atom is -0.444 e. The van der Waals surface area contributed by atoms with Crippen molar-refractivity contribution in [3.8, 4) is 22.5 Å². The normalized spacial score (nSPS) is 15.0. The number of piperidine rings is 1. The Morgan fingerprint density at radius 3 is 2.36 bits per heavy atom. The molecule has 2 aromatic heterocycles. The van der Waals surface area contributed by atoms with E-state index < -0.39 is 5.60 Å². The van der Waals surface area contributed by atoms with Crippen LogP contribution in [-0.2, 0) is 11.8 Å². The summed E-state index contributed by atoms with van der Waals surface area (Å²) in [5.41, 5.74) is 2.54. The fraction of sp³-hybridized carbons (Fsp3) is 0.375. The lowest BCUT2D eigenvalue weighted by molar-refractivity contribution is 0.0182. The number of carbonyl (C=O) groups is 1. The number of aromatic nitrogens is 4. The number of ether oxygens (including phenoxy) is 1. The van der Waals surface area contributed by atoms with Gasteiger partial charge in [0.25, 0.3) is 5.56 Å². The van der Waals surface area contributed by atoms with Gasteiger partial charge in [0.15, 0.2) is 0 Å². The fourth-order valence-corrected chi connectivity index (χ4v) is 5.37. The second-order valence-corrected chi connectivity index (χ2v) is 11.6. The van der Waals surface area contributed by atoms with Crippen LogP contribution in [0.1, 0.15) is 58.2 Å². The third-order valence-electron chi connectivity index (χ3n) is 7.44. The molecule has 1 atom stereocenters. The van der Waals surface area contributed by atoms with Crippen LogP contribution in [0.25, 0.3) is 22.5 Å². The number of amides is 1. The van der Waals surface area contributed by atoms with Crippen molar-refractivity contribution in [1.82, 2.24) is 24.2 Å². The van der Waals surface area contributed by atoms with Crippen LogP contribution >= 0.6 is 0 Å². The Labute approximate surface area is 245 Å². The summed E-state index contributed by atoms with van der Waals surface area (Å²) in [7, 11) is 1.73. The Morgan fingerprint density at radius 1 is 1.05 bits per heavy atom. The predicted octanol–water partition coefficient (Wildman–Crippen LogP) is 6.20. The van der Waals surface area contributed by atoms with E-state index in [2.05, 4.69) is 10.3 Å². The molecule has 9 nitrogen and oxygen atoms in total. The van der Waals surface area contributed by atoms with Crippen molar-refractivity contribution in [2.75, 3.05) is 18.4 Å². The van der Waals surface area contributed by atoms with Crippen LogP contribution in [0.2, 0.25) is 0 Å². The van der Waals surface area contributed by atoms with Crippen LogP contribution in [0, 0.1) is 5.82 Å². The van der Waals surface area contributed by atoms with Crippen molar-refractivity contribution in [3.63, 3.8) is 0 Å². The Bertz CT molecular complexity index is 1600. The molecule has 1 unspecified atom stereocenters. The molecule has 1 saturated heterocycles. The molecule has 10 heteroatoms. The summed E-state index contributed by atoms with van der Waals surface area (Å²) in [4.78, 5) is 37.5. The first-order valence-corrected chi connectivity index (χ1v) is 14.2. The molecule has 3 heterocycles. The molecule has 1 aliphatic rings. The molecule has 42 heavy (non-hydrogen) atoms. The maximum absolute atomic E-state index is 13.9. The molecule has 0 aliphatic carbocycles. The number of hydrogen-bond acceptors (Lipinski definition) is 6. The van der Waals surface area contributed by atoms with Crippen LogP contribution in [0.15, 0.2) is 71.7 Å². The van der Waals surface area contributed by atoms with Crippen LogP contribution in [-0.4, -0.2) is 49.0 Å². The summed E-state index contributed by atoms with van der Waals surface area (Å²) in [6, 6.07) is 17.6. The van der Waals surface area contributed by atoms with Gasteiger partial charge in [-0.25, -0.2) is 19.2 Å². The van der Waals surface area contributed by atoms with Gasteiger partial charge in [0.2, 0.25) is 5.95 Å². The lowest BCUT2D eigenvalue weighted by Gasteiger charge is -2.35. The van der Waals surface area contributed by atoms with Crippen molar-refractivity contribution in [2.24, 2.45) is 7.05 Å². The van der Waals surface area contributed by atoms with E-state index in [0.717, 1.165) is 5.56 Å². The van der Waals surface area contributed by atoms with E-state index >= 15 is 0 Å². The van der Waals surface area contributed by atoms with Gasteiger partial charge in [-0.15, -0.1) is 0 Å². The van der Waals surface area contributed by atoms with Crippen molar-refractivity contribution >= 4 is 12.0 Å². The van der Waals surface area contributed by atoms with Gasteiger partial charge in [-0.2, -0.15) is 0 Å². The average molecular weight is 573 g/mol. The van der Waals surface area contributed by atoms with Gasteiger partial charge >= 0.3 is 6.09 Å². The minimum absolute atomic E-state index is 0.0480. The zero-order chi connectivity index (χ0) is 30.0. The number of nitrogens with zero attached hydrogens (tertiary/aromatic N) is 5. The second kappa shape index (κ2) is 11.8. The third-order valence-corrected chi connectivity index (χ3v) is 7.44. The number of likely N-dealkylation sites (tertiary alicyclic amines) is 1. The monoisotopic (exact) mass is 572 g/mol. The lowest BCUT2D eigenvalue weighted by atomic mass is 10.0. The topological polar surface area (TPSA) is 94.3 Å². The molecule has 0 bridgehead atoms. The van der Waals surface area contributed by atoms with Crippen molar-refractivity contribution in [2.45, 2.75) is 58.2 Å². The standard InChI is InChI=1S/C32H37FN6O3/c1-21(22-9-7-6-8-10-22)35-30-34-18-15-26(36-30)28-27(23-11-13-24(33)14-12-23)29(40)37(5)39(28)25-16-19-38(20-17-25)31(41)42-32(2,3)4/h6-15,18,21,25H,16-17,19-20H2,1-5H3,(H,34,35,36). The van der Waals surface area contributed by atoms with Gasteiger partial charge in [0.1, 0.15) is 11.4 Å². The Hall–Kier alpha value is -4.47. The highest BCUT2D eigenvalue weighted by molar-refractivity contribution is 5.79. The summed E-state index contributed by atoms with van der Waals surface area (Å²) in [5.74, 6) is 0.0472. The van der Waals surface area contributed by atoms with Crippen molar-refractivity contribution in [1.29, 1.82) is 0 Å². The molecule has 2 aromatic carbocycles. The number of hydrogen-bond donors (Lipinski definition) is 1. The molecule has 1 N–H and O–H groups in total. The summed E-state index contributed by atoms with van der Waals surface area (Å²) in [6.45, 7) is 8.56. The Balaban J connectivity index is 1.53. The van der Waals surface area contributed by atoms with Crippen molar-refractivity contribution < 1.29 is 13.9 Å². The Morgan fingerprint density at radius 2 is 1.71 bits per heavy atom. The van der Waals surface area contributed by atoms with Crippen LogP contribution < -0.4 is 10.9 Å². The predicted molar refractivity (Wildman–Crippen MR) is 161 cm³/mol. The molecule has 0 spiro atoms. The minimum atomic E-state index is -0.577. The zero-order valence-corrected chi connectivity index (χ0v) is 24.7. The van der Waals surface area contributed by atoms with Gasteiger partial charge < -0.3 is 15.0 Å². The largest absolute Gasteiger partial charge is 0.444 e. The van der Waals surface area contributed by atoms with E-state index in [1.54, 1.807) is 41.0 Å². The fourth-order valence-electron chi connectivity index (χ4n) is 5.37.